The second-order valence-corrected chi connectivity index (χ2v) is 12.8. The number of nitrogen functional groups attached to an aromatic ring is 1. The number of amides is 1. The molecule has 3 atom stereocenters. The van der Waals surface area contributed by atoms with Crippen molar-refractivity contribution in [3.8, 4) is 22.3 Å². The van der Waals surface area contributed by atoms with Crippen LogP contribution in [0.1, 0.15) is 39.5 Å². The molecule has 1 aliphatic carbocycles. The van der Waals surface area contributed by atoms with E-state index in [2.05, 4.69) is 67.7 Å². The number of aliphatic hydroxyl groups excluding tert-OH is 1. The molecule has 4 aromatic rings. The zero-order chi connectivity index (χ0) is 32.3. The Labute approximate surface area is 275 Å². The first-order valence-electron chi connectivity index (χ1n) is 16.5. The van der Waals surface area contributed by atoms with Crippen molar-refractivity contribution in [2.45, 2.75) is 37.6 Å². The van der Waals surface area contributed by atoms with E-state index >= 15 is 0 Å². The zero-order valence-electron chi connectivity index (χ0n) is 26.8. The number of aryl methyl sites for hydroxylation is 2. The van der Waals surface area contributed by atoms with Crippen molar-refractivity contribution < 1.29 is 19.4 Å². The van der Waals surface area contributed by atoms with Gasteiger partial charge in [-0.15, -0.1) is 0 Å². The van der Waals surface area contributed by atoms with Crippen LogP contribution in [0.2, 0.25) is 0 Å². The second-order valence-electron chi connectivity index (χ2n) is 12.8. The van der Waals surface area contributed by atoms with Crippen molar-refractivity contribution >= 4 is 11.7 Å². The minimum Gasteiger partial charge on any atom is -0.395 e. The molecule has 47 heavy (non-hydrogen) atoms. The molecule has 1 amide bonds. The van der Waals surface area contributed by atoms with E-state index in [9.17, 15) is 9.90 Å². The Balaban J connectivity index is 0.939. The highest BCUT2D eigenvalue weighted by molar-refractivity contribution is 5.99. The topological polar surface area (TPSA) is 131 Å². The van der Waals surface area contributed by atoms with Crippen LogP contribution in [0.4, 0.5) is 5.82 Å². The first-order valence-corrected chi connectivity index (χ1v) is 16.5. The number of aromatic nitrogens is 3. The van der Waals surface area contributed by atoms with Crippen LogP contribution >= 0.6 is 0 Å². The van der Waals surface area contributed by atoms with Gasteiger partial charge in [0.25, 0.3) is 5.91 Å². The van der Waals surface area contributed by atoms with Crippen molar-refractivity contribution in [3.63, 3.8) is 0 Å². The van der Waals surface area contributed by atoms with E-state index < -0.39 is 0 Å². The summed E-state index contributed by atoms with van der Waals surface area (Å²) in [6, 6.07) is 17.4. The SMILES string of the molecule is Cn1cc(-c2cnc(N)c(C(=O)N[C@H]3COC[C@@H]3OCc3ccc(-c4ccc5c(c4)CCC5N4CCN(CCO)CC4)cc3)c2)cn1. The number of rotatable bonds is 10. The summed E-state index contributed by atoms with van der Waals surface area (Å²) in [7, 11) is 1.84. The molecule has 1 unspecified atom stereocenters. The van der Waals surface area contributed by atoms with Gasteiger partial charge in [-0.05, 0) is 46.7 Å². The number of anilines is 1. The molecule has 3 aliphatic rings. The van der Waals surface area contributed by atoms with E-state index in [0.717, 1.165) is 55.8 Å². The second kappa shape index (κ2) is 13.9. The molecule has 4 heterocycles. The molecule has 246 valence electrons. The third kappa shape index (κ3) is 6.95. The molecule has 0 spiro atoms. The molecular weight excluding hydrogens is 594 g/mol. The normalized spacial score (nSPS) is 21.6. The largest absolute Gasteiger partial charge is 0.395 e. The van der Waals surface area contributed by atoms with Crippen LogP contribution in [-0.4, -0.2) is 100 Å². The number of fused-ring (bicyclic) bond motifs is 1. The van der Waals surface area contributed by atoms with Crippen LogP contribution in [0, 0.1) is 0 Å². The predicted octanol–water partition coefficient (Wildman–Crippen LogP) is 3.04. The van der Waals surface area contributed by atoms with Crippen LogP contribution in [-0.2, 0) is 29.5 Å². The molecule has 2 aromatic carbocycles. The van der Waals surface area contributed by atoms with Gasteiger partial charge in [-0.2, -0.15) is 5.10 Å². The molecular formula is C36H43N7O4. The number of aliphatic hydroxyl groups is 1. The molecule has 2 saturated heterocycles. The molecule has 2 fully saturated rings. The average Bonchev–Trinajstić information content (AvgIpc) is 3.84. The zero-order valence-corrected chi connectivity index (χ0v) is 26.8. The maximum Gasteiger partial charge on any atom is 0.255 e. The standard InChI is InChI=1S/C36H43N7O4/c1-41-20-29(19-39-41)28-17-31(35(37)38-18-28)36(45)40-32-22-46-23-34(32)47-21-24-2-4-25(5-3-24)26-6-8-30-27(16-26)7-9-33(30)43-12-10-42(11-13-43)14-15-44/h2-6,8,16-20,32-34,44H,7,9-15,21-23H2,1H3,(H2,37,38)(H,40,45)/t32-,33?,34-/m0/s1. The minimum absolute atomic E-state index is 0.170. The number of piperazine rings is 1. The Morgan fingerprint density at radius 1 is 1.02 bits per heavy atom. The van der Waals surface area contributed by atoms with Gasteiger partial charge < -0.3 is 25.6 Å². The summed E-state index contributed by atoms with van der Waals surface area (Å²) in [4.78, 5) is 22.4. The molecule has 2 aliphatic heterocycles. The number of benzene rings is 2. The lowest BCUT2D eigenvalue weighted by molar-refractivity contribution is 0.0218. The highest BCUT2D eigenvalue weighted by Crippen LogP contribution is 2.38. The molecule has 0 saturated carbocycles. The first kappa shape index (κ1) is 31.5. The summed E-state index contributed by atoms with van der Waals surface area (Å²) >= 11 is 0. The van der Waals surface area contributed by atoms with E-state index in [4.69, 9.17) is 15.2 Å². The molecule has 4 N–H and O–H groups in total. The molecule has 2 aromatic heterocycles. The third-order valence-electron chi connectivity index (χ3n) is 9.75. The molecule has 7 rings (SSSR count). The number of nitrogens with two attached hydrogens (primary N) is 1. The molecule has 11 heteroatoms. The van der Waals surface area contributed by atoms with Crippen LogP contribution in [0.15, 0.2) is 67.1 Å². The Morgan fingerprint density at radius 3 is 2.60 bits per heavy atom. The quantitative estimate of drug-likeness (QED) is 0.240. The van der Waals surface area contributed by atoms with Crippen LogP contribution in [0.25, 0.3) is 22.3 Å². The van der Waals surface area contributed by atoms with Gasteiger partial charge in [-0.25, -0.2) is 4.98 Å². The summed E-state index contributed by atoms with van der Waals surface area (Å²) in [5.74, 6) is -0.140. The van der Waals surface area contributed by atoms with Crippen LogP contribution in [0.5, 0.6) is 0 Å². The maximum atomic E-state index is 13.2. The Bertz CT molecular complexity index is 1700. The van der Waals surface area contributed by atoms with Crippen LogP contribution < -0.4 is 11.1 Å². The number of β-amino-alcohol motifs (C(OH)–C–C–N with tert-alkyl or cyclic N) is 1. The number of pyridine rings is 1. The first-order chi connectivity index (χ1) is 22.9. The number of ether oxygens (including phenoxy) is 2. The predicted molar refractivity (Wildman–Crippen MR) is 180 cm³/mol. The van der Waals surface area contributed by atoms with Crippen molar-refractivity contribution in [1.29, 1.82) is 0 Å². The van der Waals surface area contributed by atoms with E-state index in [-0.39, 0.29) is 30.5 Å². The van der Waals surface area contributed by atoms with Crippen molar-refractivity contribution in [1.82, 2.24) is 29.9 Å². The third-order valence-corrected chi connectivity index (χ3v) is 9.75. The van der Waals surface area contributed by atoms with Crippen molar-refractivity contribution in [2.75, 3.05) is 58.3 Å². The van der Waals surface area contributed by atoms with E-state index in [1.54, 1.807) is 23.1 Å². The molecule has 0 bridgehead atoms. The lowest BCUT2D eigenvalue weighted by Crippen LogP contribution is -2.47. The average molecular weight is 638 g/mol. The molecule has 11 nitrogen and oxygen atoms in total. The fraction of sp³-hybridized carbons (Fsp3) is 0.417. The maximum absolute atomic E-state index is 13.2. The smallest absolute Gasteiger partial charge is 0.255 e. The van der Waals surface area contributed by atoms with Gasteiger partial charge in [0.05, 0.1) is 44.2 Å². The summed E-state index contributed by atoms with van der Waals surface area (Å²) in [5.41, 5.74) is 14.4. The number of hydrogen-bond donors (Lipinski definition) is 3. The van der Waals surface area contributed by atoms with E-state index in [0.29, 0.717) is 31.4 Å². The fourth-order valence-corrected chi connectivity index (χ4v) is 7.06. The lowest BCUT2D eigenvalue weighted by atomic mass is 9.98. The van der Waals surface area contributed by atoms with Crippen LogP contribution in [0.3, 0.4) is 0 Å². The van der Waals surface area contributed by atoms with Crippen molar-refractivity contribution in [3.05, 3.63) is 89.4 Å². The number of carbonyl (C=O) groups excluding carboxylic acids is 1. The van der Waals surface area contributed by atoms with Gasteiger partial charge in [0.15, 0.2) is 0 Å². The Morgan fingerprint density at radius 2 is 1.83 bits per heavy atom. The summed E-state index contributed by atoms with van der Waals surface area (Å²) in [6.45, 7) is 6.36. The highest BCUT2D eigenvalue weighted by Gasteiger charge is 2.32. The monoisotopic (exact) mass is 637 g/mol. The van der Waals surface area contributed by atoms with Gasteiger partial charge >= 0.3 is 0 Å². The summed E-state index contributed by atoms with van der Waals surface area (Å²) in [6.07, 6.45) is 7.23. The fourth-order valence-electron chi connectivity index (χ4n) is 7.06. The van der Waals surface area contributed by atoms with Crippen molar-refractivity contribution in [2.24, 2.45) is 7.05 Å². The minimum atomic E-state index is -0.310. The molecule has 0 radical (unpaired) electrons. The summed E-state index contributed by atoms with van der Waals surface area (Å²) in [5, 5.41) is 16.5. The Hall–Kier alpha value is -4.13. The summed E-state index contributed by atoms with van der Waals surface area (Å²) < 4.78 is 13.6. The van der Waals surface area contributed by atoms with E-state index in [1.807, 2.05) is 13.2 Å². The van der Waals surface area contributed by atoms with Gasteiger partial charge in [-0.3, -0.25) is 19.3 Å². The van der Waals surface area contributed by atoms with Gasteiger partial charge in [0.2, 0.25) is 0 Å². The van der Waals surface area contributed by atoms with E-state index in [1.165, 1.54) is 28.7 Å². The van der Waals surface area contributed by atoms with Gasteiger partial charge in [0.1, 0.15) is 11.9 Å². The Kier molecular flexibility index (Phi) is 9.32. The number of hydrogen-bond acceptors (Lipinski definition) is 9. The highest BCUT2D eigenvalue weighted by atomic mass is 16.5. The number of carbonyl (C=O) groups is 1. The number of nitrogens with zero attached hydrogens (tertiary/aromatic N) is 5. The van der Waals surface area contributed by atoms with Gasteiger partial charge in [0, 0.05) is 69.3 Å². The van der Waals surface area contributed by atoms with Gasteiger partial charge in [-0.1, -0.05) is 42.5 Å². The lowest BCUT2D eigenvalue weighted by Gasteiger charge is -2.38. The number of nitrogens with one attached hydrogen (secondary N) is 1.